The van der Waals surface area contributed by atoms with Gasteiger partial charge in [0.25, 0.3) is 15.9 Å². The number of rotatable bonds is 7. The van der Waals surface area contributed by atoms with Crippen molar-refractivity contribution in [2.45, 2.75) is 11.8 Å². The van der Waals surface area contributed by atoms with Gasteiger partial charge in [-0.05, 0) is 42.6 Å². The van der Waals surface area contributed by atoms with Crippen LogP contribution in [0.15, 0.2) is 69.7 Å². The molecule has 3 aromatic heterocycles. The van der Waals surface area contributed by atoms with Crippen LogP contribution in [-0.4, -0.2) is 29.4 Å². The highest BCUT2D eigenvalue weighted by Crippen LogP contribution is 2.25. The molecule has 12 heteroatoms. The zero-order chi connectivity index (χ0) is 21.8. The fraction of sp³-hybridized carbons (Fsp3) is 0.0526. The second-order valence-electron chi connectivity index (χ2n) is 6.32. The summed E-state index contributed by atoms with van der Waals surface area (Å²) in [6, 6.07) is 11.6. The van der Waals surface area contributed by atoms with E-state index < -0.39 is 15.9 Å². The Kier molecular flexibility index (Phi) is 5.64. The Balaban J connectivity index is 1.45. The van der Waals surface area contributed by atoms with Crippen LogP contribution in [0.4, 0.5) is 11.7 Å². The number of pyridine rings is 1. The van der Waals surface area contributed by atoms with E-state index in [0.717, 1.165) is 16.9 Å². The number of carbonyl (C=O) groups excluding carboxylic acids is 1. The molecule has 4 rings (SSSR count). The molecule has 1 aromatic carbocycles. The zero-order valence-electron chi connectivity index (χ0n) is 16.1. The van der Waals surface area contributed by atoms with Gasteiger partial charge in [-0.3, -0.25) is 19.9 Å². The van der Waals surface area contributed by atoms with Crippen LogP contribution in [0, 0.1) is 6.92 Å². The summed E-state index contributed by atoms with van der Waals surface area (Å²) in [5.41, 5.74) is 6.95. The number of nitrogens with one attached hydrogen (secondary N) is 3. The van der Waals surface area contributed by atoms with E-state index in [1.807, 2.05) is 6.92 Å². The first-order chi connectivity index (χ1) is 14.9. The SMILES string of the molecule is Cc1ccc(NS(=O)(=O)c2ccsc2C(=O)NNc2nc(-c3ccncc3)no2)cc1. The van der Waals surface area contributed by atoms with Crippen molar-refractivity contribution in [2.75, 3.05) is 10.1 Å². The van der Waals surface area contributed by atoms with E-state index in [9.17, 15) is 13.2 Å². The standard InChI is InChI=1S/C19H16N6O4S2/c1-12-2-4-14(5-3-12)25-31(27,28)15-8-11-30-16(15)18(26)22-23-19-21-17(24-29-19)13-6-9-20-10-7-13/h2-11,25H,1H3,(H,22,26)(H,21,23,24). The van der Waals surface area contributed by atoms with Gasteiger partial charge in [-0.1, -0.05) is 22.9 Å². The van der Waals surface area contributed by atoms with Crippen molar-refractivity contribution in [2.24, 2.45) is 0 Å². The molecule has 3 N–H and O–H groups in total. The van der Waals surface area contributed by atoms with E-state index in [0.29, 0.717) is 17.1 Å². The lowest BCUT2D eigenvalue weighted by molar-refractivity contribution is 0.0962. The van der Waals surface area contributed by atoms with Crippen molar-refractivity contribution in [3.63, 3.8) is 0 Å². The molecule has 0 aliphatic rings. The van der Waals surface area contributed by atoms with Crippen LogP contribution in [-0.2, 0) is 10.0 Å². The van der Waals surface area contributed by atoms with Crippen LogP contribution in [0.2, 0.25) is 0 Å². The third kappa shape index (κ3) is 4.70. The van der Waals surface area contributed by atoms with Crippen LogP contribution in [0.1, 0.15) is 15.2 Å². The second-order valence-corrected chi connectivity index (χ2v) is 8.89. The molecule has 0 radical (unpaired) electrons. The number of hydrogen-bond donors (Lipinski definition) is 3. The van der Waals surface area contributed by atoms with Crippen molar-refractivity contribution in [1.82, 2.24) is 20.6 Å². The van der Waals surface area contributed by atoms with E-state index >= 15 is 0 Å². The lowest BCUT2D eigenvalue weighted by Gasteiger charge is -2.09. The van der Waals surface area contributed by atoms with Gasteiger partial charge in [0, 0.05) is 23.6 Å². The Hall–Kier alpha value is -3.77. The van der Waals surface area contributed by atoms with Crippen molar-refractivity contribution in [1.29, 1.82) is 0 Å². The predicted octanol–water partition coefficient (Wildman–Crippen LogP) is 3.06. The number of carbonyl (C=O) groups is 1. The van der Waals surface area contributed by atoms with E-state index in [4.69, 9.17) is 4.52 Å². The highest BCUT2D eigenvalue weighted by Gasteiger charge is 2.24. The van der Waals surface area contributed by atoms with Gasteiger partial charge in [0.15, 0.2) is 0 Å². The van der Waals surface area contributed by atoms with E-state index in [2.05, 4.69) is 30.7 Å². The first kappa shape index (κ1) is 20.5. The Morgan fingerprint density at radius 3 is 2.55 bits per heavy atom. The highest BCUT2D eigenvalue weighted by molar-refractivity contribution is 7.93. The number of thiophene rings is 1. The predicted molar refractivity (Wildman–Crippen MR) is 115 cm³/mol. The van der Waals surface area contributed by atoms with Gasteiger partial charge in [-0.15, -0.1) is 11.3 Å². The molecule has 4 aromatic rings. The van der Waals surface area contributed by atoms with Gasteiger partial charge in [-0.25, -0.2) is 13.8 Å². The molecule has 0 aliphatic carbocycles. The molecule has 0 aliphatic heterocycles. The maximum atomic E-state index is 12.8. The Labute approximate surface area is 181 Å². The molecule has 158 valence electrons. The Bertz CT molecular complexity index is 1300. The number of benzene rings is 1. The summed E-state index contributed by atoms with van der Waals surface area (Å²) in [4.78, 5) is 20.5. The average molecular weight is 457 g/mol. The second kappa shape index (κ2) is 8.53. The van der Waals surface area contributed by atoms with Gasteiger partial charge in [-0.2, -0.15) is 4.98 Å². The summed E-state index contributed by atoms with van der Waals surface area (Å²) in [7, 11) is -3.96. The van der Waals surface area contributed by atoms with Gasteiger partial charge in [0.1, 0.15) is 9.77 Å². The van der Waals surface area contributed by atoms with Gasteiger partial charge < -0.3 is 4.52 Å². The minimum atomic E-state index is -3.96. The number of sulfonamides is 1. The maximum absolute atomic E-state index is 12.8. The first-order valence-electron chi connectivity index (χ1n) is 8.90. The summed E-state index contributed by atoms with van der Waals surface area (Å²) >= 11 is 0.990. The summed E-state index contributed by atoms with van der Waals surface area (Å²) in [6.07, 6.45) is 3.17. The quantitative estimate of drug-likeness (QED) is 0.361. The number of hydrazine groups is 1. The number of amides is 1. The summed E-state index contributed by atoms with van der Waals surface area (Å²) < 4.78 is 33.0. The van der Waals surface area contributed by atoms with Crippen LogP contribution < -0.4 is 15.6 Å². The van der Waals surface area contributed by atoms with Crippen LogP contribution in [0.25, 0.3) is 11.4 Å². The topological polar surface area (TPSA) is 139 Å². The lowest BCUT2D eigenvalue weighted by Crippen LogP contribution is -2.30. The van der Waals surface area contributed by atoms with Crippen molar-refractivity contribution < 1.29 is 17.7 Å². The van der Waals surface area contributed by atoms with Crippen molar-refractivity contribution in [3.05, 3.63) is 70.7 Å². The molecule has 0 atom stereocenters. The number of aryl methyl sites for hydroxylation is 1. The van der Waals surface area contributed by atoms with Crippen molar-refractivity contribution >= 4 is 39.0 Å². The maximum Gasteiger partial charge on any atom is 0.340 e. The monoisotopic (exact) mass is 456 g/mol. The highest BCUT2D eigenvalue weighted by atomic mass is 32.2. The molecule has 3 heterocycles. The largest absolute Gasteiger partial charge is 0.340 e. The molecule has 0 saturated heterocycles. The molecule has 0 bridgehead atoms. The average Bonchev–Trinajstić information content (AvgIpc) is 3.45. The normalized spacial score (nSPS) is 11.1. The molecule has 31 heavy (non-hydrogen) atoms. The fourth-order valence-corrected chi connectivity index (χ4v) is 4.95. The summed E-state index contributed by atoms with van der Waals surface area (Å²) in [5.74, 6) is -0.358. The molecule has 0 fully saturated rings. The summed E-state index contributed by atoms with van der Waals surface area (Å²) in [5, 5.41) is 5.33. The van der Waals surface area contributed by atoms with Crippen LogP contribution >= 0.6 is 11.3 Å². The van der Waals surface area contributed by atoms with Crippen LogP contribution in [0.3, 0.4) is 0 Å². The minimum absolute atomic E-state index is 0.000911. The van der Waals surface area contributed by atoms with Gasteiger partial charge in [0.2, 0.25) is 5.82 Å². The van der Waals surface area contributed by atoms with Crippen molar-refractivity contribution in [3.8, 4) is 11.4 Å². The molecule has 0 unspecified atom stereocenters. The molecular formula is C19H16N6O4S2. The lowest BCUT2D eigenvalue weighted by atomic mass is 10.2. The van der Waals surface area contributed by atoms with E-state index in [1.165, 1.54) is 11.4 Å². The number of hydrogen-bond acceptors (Lipinski definition) is 9. The summed E-state index contributed by atoms with van der Waals surface area (Å²) in [6.45, 7) is 1.90. The molecule has 0 spiro atoms. The third-order valence-corrected chi connectivity index (χ3v) is 6.54. The third-order valence-electron chi connectivity index (χ3n) is 4.08. The molecule has 1 amide bonds. The number of aromatic nitrogens is 3. The van der Waals surface area contributed by atoms with E-state index in [-0.39, 0.29) is 15.8 Å². The minimum Gasteiger partial charge on any atom is -0.313 e. The smallest absolute Gasteiger partial charge is 0.313 e. The molecule has 10 nitrogen and oxygen atoms in total. The van der Waals surface area contributed by atoms with Crippen LogP contribution in [0.5, 0.6) is 0 Å². The number of anilines is 2. The first-order valence-corrected chi connectivity index (χ1v) is 11.3. The Morgan fingerprint density at radius 2 is 1.81 bits per heavy atom. The number of nitrogens with zero attached hydrogens (tertiary/aromatic N) is 3. The van der Waals surface area contributed by atoms with Gasteiger partial charge >= 0.3 is 6.01 Å². The molecule has 0 saturated carbocycles. The molecular weight excluding hydrogens is 440 g/mol. The zero-order valence-corrected chi connectivity index (χ0v) is 17.7. The van der Waals surface area contributed by atoms with E-state index in [1.54, 1.807) is 48.8 Å². The fourth-order valence-electron chi connectivity index (χ4n) is 2.57. The Morgan fingerprint density at radius 1 is 1.06 bits per heavy atom. The van der Waals surface area contributed by atoms with Gasteiger partial charge in [0.05, 0.1) is 0 Å².